The third kappa shape index (κ3) is 3.84. The number of hydrogen-bond donors (Lipinski definition) is 1. The van der Waals surface area contributed by atoms with Crippen molar-refractivity contribution in [1.82, 2.24) is 5.32 Å². The van der Waals surface area contributed by atoms with Crippen LogP contribution in [-0.4, -0.2) is 12.6 Å². The molecule has 0 radical (unpaired) electrons. The Bertz CT molecular complexity index is 337. The van der Waals surface area contributed by atoms with Crippen molar-refractivity contribution >= 4 is 0 Å². The Balaban J connectivity index is 1.82. The zero-order chi connectivity index (χ0) is 12.8. The van der Waals surface area contributed by atoms with Crippen molar-refractivity contribution in [2.75, 3.05) is 6.54 Å². The van der Waals surface area contributed by atoms with E-state index in [0.717, 1.165) is 12.0 Å². The van der Waals surface area contributed by atoms with Gasteiger partial charge in [0.15, 0.2) is 0 Å². The van der Waals surface area contributed by atoms with Crippen LogP contribution in [0.15, 0.2) is 24.3 Å². The Morgan fingerprint density at radius 3 is 2.50 bits per heavy atom. The molecule has 0 aliphatic heterocycles. The van der Waals surface area contributed by atoms with Gasteiger partial charge in [-0.3, -0.25) is 0 Å². The van der Waals surface area contributed by atoms with Gasteiger partial charge >= 0.3 is 0 Å². The van der Waals surface area contributed by atoms with Crippen molar-refractivity contribution in [1.29, 1.82) is 0 Å². The highest BCUT2D eigenvalue weighted by Crippen LogP contribution is 2.31. The number of hydrogen-bond acceptors (Lipinski definition) is 1. The fourth-order valence-corrected chi connectivity index (χ4v) is 2.75. The minimum Gasteiger partial charge on any atom is -0.314 e. The second kappa shape index (κ2) is 6.94. The van der Waals surface area contributed by atoms with Crippen LogP contribution in [0, 0.1) is 12.8 Å². The molecule has 100 valence electrons. The van der Waals surface area contributed by atoms with Crippen LogP contribution in [0.3, 0.4) is 0 Å². The molecule has 0 aromatic heterocycles. The number of benzene rings is 1. The molecule has 1 N–H and O–H groups in total. The highest BCUT2D eigenvalue weighted by molar-refractivity contribution is 5.21. The zero-order valence-corrected chi connectivity index (χ0v) is 11.9. The van der Waals surface area contributed by atoms with Crippen LogP contribution in [0.2, 0.25) is 0 Å². The van der Waals surface area contributed by atoms with Crippen molar-refractivity contribution < 1.29 is 0 Å². The predicted molar refractivity (Wildman–Crippen MR) is 78.9 cm³/mol. The van der Waals surface area contributed by atoms with Crippen LogP contribution < -0.4 is 5.32 Å². The normalized spacial score (nSPS) is 17.4. The van der Waals surface area contributed by atoms with Gasteiger partial charge in [-0.25, -0.2) is 0 Å². The minimum atomic E-state index is 0.750. The lowest BCUT2D eigenvalue weighted by atomic mass is 9.78. The highest BCUT2D eigenvalue weighted by atomic mass is 14.9. The summed E-state index contributed by atoms with van der Waals surface area (Å²) in [4.78, 5) is 0. The van der Waals surface area contributed by atoms with E-state index in [2.05, 4.69) is 43.4 Å². The first-order valence-electron chi connectivity index (χ1n) is 7.58. The molecule has 0 amide bonds. The summed E-state index contributed by atoms with van der Waals surface area (Å²) in [7, 11) is 0. The fourth-order valence-electron chi connectivity index (χ4n) is 2.75. The lowest BCUT2D eigenvalue weighted by Crippen LogP contribution is -2.40. The van der Waals surface area contributed by atoms with E-state index in [9.17, 15) is 0 Å². The molecule has 1 unspecified atom stereocenters. The largest absolute Gasteiger partial charge is 0.314 e. The Morgan fingerprint density at radius 1 is 1.22 bits per heavy atom. The standard InChI is InChI=1S/C17H27N/c1-3-13-18-17(16-5-4-6-16)12-11-15-9-7-14(2)8-10-15/h7-10,16-18H,3-6,11-13H2,1-2H3. The molecular formula is C17H27N. The molecule has 0 bridgehead atoms. The summed E-state index contributed by atoms with van der Waals surface area (Å²) >= 11 is 0. The summed E-state index contributed by atoms with van der Waals surface area (Å²) < 4.78 is 0. The molecule has 1 saturated carbocycles. The Kier molecular flexibility index (Phi) is 5.25. The van der Waals surface area contributed by atoms with Crippen molar-refractivity contribution in [3.63, 3.8) is 0 Å². The van der Waals surface area contributed by atoms with Gasteiger partial charge in [0.2, 0.25) is 0 Å². The molecular weight excluding hydrogens is 218 g/mol. The number of nitrogens with one attached hydrogen (secondary N) is 1. The van der Waals surface area contributed by atoms with Gasteiger partial charge in [0, 0.05) is 6.04 Å². The van der Waals surface area contributed by atoms with Crippen molar-refractivity contribution in [2.45, 2.75) is 58.4 Å². The second-order valence-electron chi connectivity index (χ2n) is 5.78. The van der Waals surface area contributed by atoms with Gasteiger partial charge in [0.1, 0.15) is 0 Å². The number of rotatable bonds is 7. The molecule has 0 saturated heterocycles. The van der Waals surface area contributed by atoms with E-state index in [1.54, 1.807) is 0 Å². The van der Waals surface area contributed by atoms with Crippen LogP contribution in [0.5, 0.6) is 0 Å². The summed E-state index contributed by atoms with van der Waals surface area (Å²) in [5.74, 6) is 0.946. The van der Waals surface area contributed by atoms with E-state index in [4.69, 9.17) is 0 Å². The molecule has 0 heterocycles. The molecule has 1 aliphatic carbocycles. The quantitative estimate of drug-likeness (QED) is 0.762. The molecule has 1 aliphatic rings. The topological polar surface area (TPSA) is 12.0 Å². The molecule has 1 atom stereocenters. The first kappa shape index (κ1) is 13.6. The lowest BCUT2D eigenvalue weighted by molar-refractivity contribution is 0.220. The van der Waals surface area contributed by atoms with Gasteiger partial charge in [-0.05, 0) is 57.1 Å². The summed E-state index contributed by atoms with van der Waals surface area (Å²) in [6, 6.07) is 9.78. The maximum atomic E-state index is 3.75. The van der Waals surface area contributed by atoms with Gasteiger partial charge < -0.3 is 5.32 Å². The van der Waals surface area contributed by atoms with Gasteiger partial charge in [0.25, 0.3) is 0 Å². The highest BCUT2D eigenvalue weighted by Gasteiger charge is 2.26. The van der Waals surface area contributed by atoms with E-state index >= 15 is 0 Å². The monoisotopic (exact) mass is 245 g/mol. The van der Waals surface area contributed by atoms with Crippen LogP contribution >= 0.6 is 0 Å². The molecule has 1 aromatic carbocycles. The Labute approximate surface area is 112 Å². The third-order valence-corrected chi connectivity index (χ3v) is 4.24. The average molecular weight is 245 g/mol. The molecule has 1 aromatic rings. The van der Waals surface area contributed by atoms with Crippen LogP contribution in [-0.2, 0) is 6.42 Å². The van der Waals surface area contributed by atoms with E-state index in [1.165, 1.54) is 56.2 Å². The summed E-state index contributed by atoms with van der Waals surface area (Å²) in [5.41, 5.74) is 2.85. The first-order valence-corrected chi connectivity index (χ1v) is 7.58. The van der Waals surface area contributed by atoms with Crippen molar-refractivity contribution in [2.24, 2.45) is 5.92 Å². The SMILES string of the molecule is CCCNC(CCc1ccc(C)cc1)C1CCC1. The molecule has 1 heteroatoms. The fraction of sp³-hybridized carbons (Fsp3) is 0.647. The second-order valence-corrected chi connectivity index (χ2v) is 5.78. The average Bonchev–Trinajstić information content (AvgIpc) is 2.32. The summed E-state index contributed by atoms with van der Waals surface area (Å²) in [5, 5.41) is 3.75. The van der Waals surface area contributed by atoms with E-state index in [1.807, 2.05) is 0 Å². The van der Waals surface area contributed by atoms with Gasteiger partial charge in [-0.2, -0.15) is 0 Å². The maximum absolute atomic E-state index is 3.75. The van der Waals surface area contributed by atoms with E-state index < -0.39 is 0 Å². The summed E-state index contributed by atoms with van der Waals surface area (Å²) in [6.07, 6.45) is 8.09. The van der Waals surface area contributed by atoms with Crippen LogP contribution in [0.1, 0.15) is 50.2 Å². The molecule has 1 nitrogen and oxygen atoms in total. The Hall–Kier alpha value is -0.820. The smallest absolute Gasteiger partial charge is 0.00984 e. The predicted octanol–water partition coefficient (Wildman–Crippen LogP) is 4.10. The molecule has 18 heavy (non-hydrogen) atoms. The van der Waals surface area contributed by atoms with E-state index in [0.29, 0.717) is 0 Å². The molecule has 0 spiro atoms. The lowest BCUT2D eigenvalue weighted by Gasteiger charge is -2.34. The van der Waals surface area contributed by atoms with Crippen molar-refractivity contribution in [3.8, 4) is 0 Å². The number of aryl methyl sites for hydroxylation is 2. The van der Waals surface area contributed by atoms with Gasteiger partial charge in [-0.1, -0.05) is 43.2 Å². The summed E-state index contributed by atoms with van der Waals surface area (Å²) in [6.45, 7) is 5.59. The zero-order valence-electron chi connectivity index (χ0n) is 11.9. The molecule has 1 fully saturated rings. The minimum absolute atomic E-state index is 0.750. The maximum Gasteiger partial charge on any atom is 0.00984 e. The molecule has 2 rings (SSSR count). The van der Waals surface area contributed by atoms with Crippen LogP contribution in [0.4, 0.5) is 0 Å². The van der Waals surface area contributed by atoms with E-state index in [-0.39, 0.29) is 0 Å². The van der Waals surface area contributed by atoms with Crippen LogP contribution in [0.25, 0.3) is 0 Å². The van der Waals surface area contributed by atoms with Gasteiger partial charge in [0.05, 0.1) is 0 Å². The third-order valence-electron chi connectivity index (χ3n) is 4.24. The van der Waals surface area contributed by atoms with Crippen molar-refractivity contribution in [3.05, 3.63) is 35.4 Å². The first-order chi connectivity index (χ1) is 8.79. The van der Waals surface area contributed by atoms with Gasteiger partial charge in [-0.15, -0.1) is 0 Å². The Morgan fingerprint density at radius 2 is 1.94 bits per heavy atom.